The lowest BCUT2D eigenvalue weighted by Crippen LogP contribution is -2.21. The zero-order chi connectivity index (χ0) is 13.8. The molecule has 0 saturated carbocycles. The van der Waals surface area contributed by atoms with Crippen LogP contribution in [0, 0.1) is 6.92 Å². The van der Waals surface area contributed by atoms with Crippen LogP contribution in [-0.2, 0) is 11.3 Å². The third-order valence-electron chi connectivity index (χ3n) is 2.74. The van der Waals surface area contributed by atoms with Gasteiger partial charge >= 0.3 is 6.03 Å². The monoisotopic (exact) mass is 260 g/mol. The van der Waals surface area contributed by atoms with Crippen molar-refractivity contribution in [1.29, 1.82) is 0 Å². The first kappa shape index (κ1) is 13.1. The highest BCUT2D eigenvalue weighted by Gasteiger charge is 2.16. The lowest BCUT2D eigenvalue weighted by atomic mass is 10.2. The maximum atomic E-state index is 11.1. The number of nitrogens with one attached hydrogen (secondary N) is 1. The number of nitrogens with two attached hydrogens (primary N) is 1. The minimum absolute atomic E-state index is 0.374. The van der Waals surface area contributed by atoms with Gasteiger partial charge in [-0.3, -0.25) is 5.32 Å². The first-order chi connectivity index (χ1) is 9.13. The quantitative estimate of drug-likeness (QED) is 0.879. The number of primary amides is 1. The predicted molar refractivity (Wildman–Crippen MR) is 72.2 cm³/mol. The van der Waals surface area contributed by atoms with Crippen molar-refractivity contribution in [2.75, 3.05) is 12.4 Å². The SMILES string of the molecule is COCc1nn(-c2ccccc2)c(NC(N)=O)c1C. The number of benzene rings is 1. The standard InChI is InChI=1S/C13H16N4O2/c1-9-11(8-19-2)16-17(12(9)15-13(14)18)10-6-4-3-5-7-10/h3-7H,8H2,1-2H3,(H3,14,15,18). The highest BCUT2D eigenvalue weighted by atomic mass is 16.5. The number of amides is 2. The van der Waals surface area contributed by atoms with E-state index in [0.717, 1.165) is 16.9 Å². The first-order valence-corrected chi connectivity index (χ1v) is 5.82. The molecule has 0 radical (unpaired) electrons. The fourth-order valence-electron chi connectivity index (χ4n) is 1.83. The van der Waals surface area contributed by atoms with Crippen LogP contribution in [0.25, 0.3) is 5.69 Å². The molecular formula is C13H16N4O2. The van der Waals surface area contributed by atoms with E-state index in [2.05, 4.69) is 10.4 Å². The lowest BCUT2D eigenvalue weighted by molar-refractivity contribution is 0.180. The molecule has 0 unspecified atom stereocenters. The number of methoxy groups -OCH3 is 1. The molecular weight excluding hydrogens is 244 g/mol. The maximum absolute atomic E-state index is 11.1. The van der Waals surface area contributed by atoms with Crippen molar-refractivity contribution in [2.45, 2.75) is 13.5 Å². The summed E-state index contributed by atoms with van der Waals surface area (Å²) in [6, 6.07) is 8.89. The van der Waals surface area contributed by atoms with Crippen LogP contribution in [-0.4, -0.2) is 22.9 Å². The Morgan fingerprint density at radius 1 is 1.42 bits per heavy atom. The van der Waals surface area contributed by atoms with Crippen LogP contribution in [0.4, 0.5) is 10.6 Å². The lowest BCUT2D eigenvalue weighted by Gasteiger charge is -2.07. The molecule has 2 aromatic rings. The smallest absolute Gasteiger partial charge is 0.317 e. The Kier molecular flexibility index (Phi) is 3.82. The predicted octanol–water partition coefficient (Wildman–Crippen LogP) is 1.82. The molecule has 0 aliphatic heterocycles. The second-order valence-electron chi connectivity index (χ2n) is 4.09. The molecule has 6 nitrogen and oxygen atoms in total. The van der Waals surface area contributed by atoms with E-state index in [1.807, 2.05) is 37.3 Å². The van der Waals surface area contributed by atoms with E-state index in [0.29, 0.717) is 12.4 Å². The Labute approximate surface area is 111 Å². The highest BCUT2D eigenvalue weighted by Crippen LogP contribution is 2.23. The average molecular weight is 260 g/mol. The van der Waals surface area contributed by atoms with Gasteiger partial charge in [0.2, 0.25) is 0 Å². The molecule has 2 rings (SSSR count). The number of hydrogen-bond acceptors (Lipinski definition) is 3. The van der Waals surface area contributed by atoms with Crippen molar-refractivity contribution in [3.8, 4) is 5.69 Å². The number of rotatable bonds is 4. The molecule has 100 valence electrons. The maximum Gasteiger partial charge on any atom is 0.317 e. The Morgan fingerprint density at radius 2 is 2.11 bits per heavy atom. The Hall–Kier alpha value is -2.34. The molecule has 0 aliphatic rings. The third-order valence-corrected chi connectivity index (χ3v) is 2.74. The average Bonchev–Trinajstić information content (AvgIpc) is 2.69. The van der Waals surface area contributed by atoms with Gasteiger partial charge in [0.15, 0.2) is 0 Å². The zero-order valence-corrected chi connectivity index (χ0v) is 10.9. The number of aromatic nitrogens is 2. The topological polar surface area (TPSA) is 82.2 Å². The number of ether oxygens (including phenoxy) is 1. The molecule has 0 fully saturated rings. The van der Waals surface area contributed by atoms with Crippen LogP contribution in [0.2, 0.25) is 0 Å². The molecule has 0 saturated heterocycles. The van der Waals surface area contributed by atoms with Gasteiger partial charge in [0, 0.05) is 12.7 Å². The summed E-state index contributed by atoms with van der Waals surface area (Å²) < 4.78 is 6.75. The molecule has 6 heteroatoms. The van der Waals surface area contributed by atoms with Gasteiger partial charge in [-0.25, -0.2) is 9.48 Å². The summed E-state index contributed by atoms with van der Waals surface area (Å²) in [5, 5.41) is 7.05. The molecule has 2 amide bonds. The van der Waals surface area contributed by atoms with Crippen LogP contribution in [0.1, 0.15) is 11.3 Å². The molecule has 0 aliphatic carbocycles. The molecule has 1 aromatic carbocycles. The van der Waals surface area contributed by atoms with Gasteiger partial charge in [-0.1, -0.05) is 18.2 Å². The molecule has 19 heavy (non-hydrogen) atoms. The van der Waals surface area contributed by atoms with Crippen molar-refractivity contribution < 1.29 is 9.53 Å². The number of hydrogen-bond donors (Lipinski definition) is 2. The summed E-state index contributed by atoms with van der Waals surface area (Å²) in [5.74, 6) is 0.561. The summed E-state index contributed by atoms with van der Waals surface area (Å²) in [4.78, 5) is 11.1. The van der Waals surface area contributed by atoms with Gasteiger partial charge in [0.05, 0.1) is 18.0 Å². The van der Waals surface area contributed by atoms with E-state index in [9.17, 15) is 4.79 Å². The number of carbonyl (C=O) groups excluding carboxylic acids is 1. The fourth-order valence-corrected chi connectivity index (χ4v) is 1.83. The number of nitrogens with zero attached hydrogens (tertiary/aromatic N) is 2. The fraction of sp³-hybridized carbons (Fsp3) is 0.231. The van der Waals surface area contributed by atoms with Crippen LogP contribution in [0.15, 0.2) is 30.3 Å². The van der Waals surface area contributed by atoms with Crippen LogP contribution in [0.5, 0.6) is 0 Å². The Morgan fingerprint density at radius 3 is 2.68 bits per heavy atom. The number of urea groups is 1. The van der Waals surface area contributed by atoms with Crippen molar-refractivity contribution in [2.24, 2.45) is 5.73 Å². The van der Waals surface area contributed by atoms with Crippen molar-refractivity contribution >= 4 is 11.8 Å². The molecule has 3 N–H and O–H groups in total. The van der Waals surface area contributed by atoms with E-state index in [1.165, 1.54) is 0 Å². The summed E-state index contributed by atoms with van der Waals surface area (Å²) in [7, 11) is 1.60. The van der Waals surface area contributed by atoms with Gasteiger partial charge in [-0.15, -0.1) is 0 Å². The van der Waals surface area contributed by atoms with E-state index in [1.54, 1.807) is 11.8 Å². The summed E-state index contributed by atoms with van der Waals surface area (Å²) >= 11 is 0. The number of carbonyl (C=O) groups is 1. The molecule has 0 atom stereocenters. The zero-order valence-electron chi connectivity index (χ0n) is 10.9. The van der Waals surface area contributed by atoms with Gasteiger partial charge in [-0.05, 0) is 19.1 Å². The molecule has 1 aromatic heterocycles. The summed E-state index contributed by atoms with van der Waals surface area (Å²) in [6.07, 6.45) is 0. The summed E-state index contributed by atoms with van der Waals surface area (Å²) in [6.45, 7) is 2.24. The normalized spacial score (nSPS) is 10.4. The minimum atomic E-state index is -0.621. The van der Waals surface area contributed by atoms with E-state index in [-0.39, 0.29) is 0 Å². The van der Waals surface area contributed by atoms with Crippen LogP contribution < -0.4 is 11.1 Å². The Balaban J connectivity index is 2.52. The van der Waals surface area contributed by atoms with E-state index in [4.69, 9.17) is 10.5 Å². The highest BCUT2D eigenvalue weighted by molar-refractivity contribution is 5.88. The first-order valence-electron chi connectivity index (χ1n) is 5.82. The van der Waals surface area contributed by atoms with Crippen molar-refractivity contribution in [3.63, 3.8) is 0 Å². The van der Waals surface area contributed by atoms with Gasteiger partial charge in [0.25, 0.3) is 0 Å². The molecule has 1 heterocycles. The Bertz CT molecular complexity index is 578. The van der Waals surface area contributed by atoms with Crippen LogP contribution in [0.3, 0.4) is 0 Å². The second-order valence-corrected chi connectivity index (χ2v) is 4.09. The van der Waals surface area contributed by atoms with Gasteiger partial charge in [0.1, 0.15) is 5.82 Å². The summed E-state index contributed by atoms with van der Waals surface area (Å²) in [5.41, 5.74) is 7.64. The minimum Gasteiger partial charge on any atom is -0.378 e. The number of para-hydroxylation sites is 1. The van der Waals surface area contributed by atoms with Gasteiger partial charge < -0.3 is 10.5 Å². The second kappa shape index (κ2) is 5.53. The van der Waals surface area contributed by atoms with Gasteiger partial charge in [-0.2, -0.15) is 5.10 Å². The third kappa shape index (κ3) is 2.74. The molecule has 0 spiro atoms. The van der Waals surface area contributed by atoms with Crippen molar-refractivity contribution in [3.05, 3.63) is 41.6 Å². The van der Waals surface area contributed by atoms with E-state index < -0.39 is 6.03 Å². The molecule has 0 bridgehead atoms. The van der Waals surface area contributed by atoms with E-state index >= 15 is 0 Å². The van der Waals surface area contributed by atoms with Crippen LogP contribution >= 0.6 is 0 Å². The van der Waals surface area contributed by atoms with Crippen molar-refractivity contribution in [1.82, 2.24) is 9.78 Å². The number of anilines is 1. The largest absolute Gasteiger partial charge is 0.378 e.